The molecular formula is C13H19NO3S. The summed E-state index contributed by atoms with van der Waals surface area (Å²) in [6.45, 7) is 1.68. The lowest BCUT2D eigenvalue weighted by Crippen LogP contribution is -2.27. The third-order valence-corrected chi connectivity index (χ3v) is 4.39. The fourth-order valence-corrected chi connectivity index (χ4v) is 3.16. The van der Waals surface area contributed by atoms with Crippen LogP contribution in [0.1, 0.15) is 40.9 Å². The normalized spacial score (nSPS) is 24.1. The molecule has 100 valence electrons. The Bertz CT molecular complexity index is 397. The van der Waals surface area contributed by atoms with Crippen LogP contribution >= 0.6 is 11.3 Å². The van der Waals surface area contributed by atoms with E-state index in [-0.39, 0.29) is 6.10 Å². The highest BCUT2D eigenvalue weighted by molar-refractivity contribution is 7.10. The van der Waals surface area contributed by atoms with Crippen molar-refractivity contribution < 1.29 is 15.0 Å². The molecule has 0 bridgehead atoms. The van der Waals surface area contributed by atoms with Gasteiger partial charge in [-0.25, -0.2) is 4.79 Å². The number of carboxylic acids is 1. The molecule has 1 aliphatic rings. The quantitative estimate of drug-likeness (QED) is 0.765. The number of hydrogen-bond donors (Lipinski definition) is 3. The molecule has 0 aliphatic heterocycles. The average Bonchev–Trinajstić information content (AvgIpc) is 2.81. The van der Waals surface area contributed by atoms with Crippen molar-refractivity contribution in [2.24, 2.45) is 5.92 Å². The molecule has 0 radical (unpaired) electrons. The van der Waals surface area contributed by atoms with E-state index >= 15 is 0 Å². The zero-order valence-corrected chi connectivity index (χ0v) is 11.1. The van der Waals surface area contributed by atoms with Gasteiger partial charge in [0.15, 0.2) is 0 Å². The highest BCUT2D eigenvalue weighted by Gasteiger charge is 2.18. The molecular weight excluding hydrogens is 250 g/mol. The number of thiophene rings is 1. The first-order chi connectivity index (χ1) is 8.65. The van der Waals surface area contributed by atoms with E-state index in [0.29, 0.717) is 11.5 Å². The van der Waals surface area contributed by atoms with Crippen LogP contribution in [0.4, 0.5) is 0 Å². The third-order valence-electron chi connectivity index (χ3n) is 3.45. The maximum Gasteiger partial charge on any atom is 0.336 e. The second kappa shape index (κ2) is 6.31. The highest BCUT2D eigenvalue weighted by atomic mass is 32.1. The summed E-state index contributed by atoms with van der Waals surface area (Å²) >= 11 is 1.48. The van der Waals surface area contributed by atoms with Crippen molar-refractivity contribution in [1.29, 1.82) is 0 Å². The van der Waals surface area contributed by atoms with E-state index in [9.17, 15) is 9.90 Å². The molecule has 1 aliphatic carbocycles. The molecule has 1 aromatic heterocycles. The summed E-state index contributed by atoms with van der Waals surface area (Å²) in [4.78, 5) is 11.8. The third kappa shape index (κ3) is 3.80. The minimum atomic E-state index is -0.862. The van der Waals surface area contributed by atoms with Crippen LogP contribution in [0.2, 0.25) is 0 Å². The van der Waals surface area contributed by atoms with E-state index in [0.717, 1.165) is 43.6 Å². The second-order valence-corrected chi connectivity index (χ2v) is 5.91. The van der Waals surface area contributed by atoms with Crippen molar-refractivity contribution >= 4 is 17.3 Å². The van der Waals surface area contributed by atoms with Gasteiger partial charge in [0.25, 0.3) is 0 Å². The molecule has 5 heteroatoms. The number of aromatic carboxylic acids is 1. The Balaban J connectivity index is 1.70. The van der Waals surface area contributed by atoms with E-state index in [1.807, 2.05) is 0 Å². The number of carbonyl (C=O) groups is 1. The number of aliphatic hydroxyl groups is 1. The molecule has 1 heterocycles. The van der Waals surface area contributed by atoms with Crippen molar-refractivity contribution in [3.05, 3.63) is 21.9 Å². The SMILES string of the molecule is O=C(O)c1csc(CNCC2CCC(O)CC2)c1. The summed E-state index contributed by atoms with van der Waals surface area (Å²) in [6.07, 6.45) is 3.89. The summed E-state index contributed by atoms with van der Waals surface area (Å²) < 4.78 is 0. The van der Waals surface area contributed by atoms with Gasteiger partial charge in [0.2, 0.25) is 0 Å². The average molecular weight is 269 g/mol. The van der Waals surface area contributed by atoms with Gasteiger partial charge in [-0.05, 0) is 44.2 Å². The molecule has 2 rings (SSSR count). The van der Waals surface area contributed by atoms with Gasteiger partial charge in [0, 0.05) is 16.8 Å². The Morgan fingerprint density at radius 1 is 1.39 bits per heavy atom. The molecule has 0 saturated heterocycles. The van der Waals surface area contributed by atoms with E-state index in [1.165, 1.54) is 11.3 Å². The van der Waals surface area contributed by atoms with Crippen molar-refractivity contribution in [1.82, 2.24) is 5.32 Å². The Hall–Kier alpha value is -0.910. The minimum absolute atomic E-state index is 0.100. The summed E-state index contributed by atoms with van der Waals surface area (Å²) in [5.41, 5.74) is 0.373. The number of carboxylic acid groups (broad SMARTS) is 1. The zero-order valence-electron chi connectivity index (χ0n) is 10.3. The molecule has 18 heavy (non-hydrogen) atoms. The molecule has 1 aromatic rings. The van der Waals surface area contributed by atoms with Crippen LogP contribution in [0.3, 0.4) is 0 Å². The predicted molar refractivity (Wildman–Crippen MR) is 70.9 cm³/mol. The van der Waals surface area contributed by atoms with E-state index < -0.39 is 5.97 Å². The van der Waals surface area contributed by atoms with Gasteiger partial charge in [0.1, 0.15) is 0 Å². The fraction of sp³-hybridized carbons (Fsp3) is 0.615. The van der Waals surface area contributed by atoms with Gasteiger partial charge in [-0.1, -0.05) is 0 Å². The van der Waals surface area contributed by atoms with Gasteiger partial charge in [0.05, 0.1) is 11.7 Å². The lowest BCUT2D eigenvalue weighted by molar-refractivity contribution is 0.0697. The number of hydrogen-bond acceptors (Lipinski definition) is 4. The number of aliphatic hydroxyl groups excluding tert-OH is 1. The van der Waals surface area contributed by atoms with Crippen LogP contribution in [-0.2, 0) is 6.54 Å². The standard InChI is InChI=1S/C13H19NO3S/c15-11-3-1-9(2-4-11)6-14-7-12-5-10(8-18-12)13(16)17/h5,8-9,11,14-15H,1-4,6-7H2,(H,16,17). The summed E-state index contributed by atoms with van der Waals surface area (Å²) in [5, 5.41) is 23.3. The molecule has 0 amide bonds. The van der Waals surface area contributed by atoms with Gasteiger partial charge >= 0.3 is 5.97 Å². The van der Waals surface area contributed by atoms with Gasteiger partial charge in [-0.3, -0.25) is 0 Å². The molecule has 0 atom stereocenters. The fourth-order valence-electron chi connectivity index (χ4n) is 2.33. The molecule has 1 saturated carbocycles. The van der Waals surface area contributed by atoms with Crippen LogP contribution in [0, 0.1) is 5.92 Å². The summed E-state index contributed by atoms with van der Waals surface area (Å²) in [7, 11) is 0. The van der Waals surface area contributed by atoms with Gasteiger partial charge in [-0.15, -0.1) is 11.3 Å². The maximum absolute atomic E-state index is 10.7. The number of rotatable bonds is 5. The minimum Gasteiger partial charge on any atom is -0.478 e. The first kappa shape index (κ1) is 13.5. The summed E-state index contributed by atoms with van der Waals surface area (Å²) in [5.74, 6) is -0.217. The highest BCUT2D eigenvalue weighted by Crippen LogP contribution is 2.23. The predicted octanol–water partition coefficient (Wildman–Crippen LogP) is 2.09. The largest absolute Gasteiger partial charge is 0.478 e. The second-order valence-electron chi connectivity index (χ2n) is 4.91. The molecule has 3 N–H and O–H groups in total. The van der Waals surface area contributed by atoms with Crippen LogP contribution in [-0.4, -0.2) is 28.8 Å². The lowest BCUT2D eigenvalue weighted by atomic mass is 9.87. The maximum atomic E-state index is 10.7. The first-order valence-electron chi connectivity index (χ1n) is 6.34. The Morgan fingerprint density at radius 3 is 2.72 bits per heavy atom. The monoisotopic (exact) mass is 269 g/mol. The van der Waals surface area contributed by atoms with Crippen molar-refractivity contribution in [2.45, 2.75) is 38.3 Å². The molecule has 0 spiro atoms. The Labute approximate surface area is 111 Å². The van der Waals surface area contributed by atoms with Crippen molar-refractivity contribution in [3.8, 4) is 0 Å². The molecule has 1 fully saturated rings. The topological polar surface area (TPSA) is 69.6 Å². The molecule has 4 nitrogen and oxygen atoms in total. The van der Waals surface area contributed by atoms with Crippen LogP contribution in [0.25, 0.3) is 0 Å². The number of nitrogens with one attached hydrogen (secondary N) is 1. The zero-order chi connectivity index (χ0) is 13.0. The van der Waals surface area contributed by atoms with E-state index in [2.05, 4.69) is 5.32 Å². The Kier molecular flexibility index (Phi) is 4.74. The molecule has 0 aromatic carbocycles. The smallest absolute Gasteiger partial charge is 0.336 e. The lowest BCUT2D eigenvalue weighted by Gasteiger charge is -2.25. The van der Waals surface area contributed by atoms with E-state index in [1.54, 1.807) is 11.4 Å². The van der Waals surface area contributed by atoms with Crippen LogP contribution < -0.4 is 5.32 Å². The van der Waals surface area contributed by atoms with Gasteiger partial charge in [-0.2, -0.15) is 0 Å². The van der Waals surface area contributed by atoms with E-state index in [4.69, 9.17) is 5.11 Å². The van der Waals surface area contributed by atoms with Crippen molar-refractivity contribution in [2.75, 3.05) is 6.54 Å². The first-order valence-corrected chi connectivity index (χ1v) is 7.22. The Morgan fingerprint density at radius 2 is 2.11 bits per heavy atom. The van der Waals surface area contributed by atoms with Crippen molar-refractivity contribution in [3.63, 3.8) is 0 Å². The van der Waals surface area contributed by atoms with Crippen LogP contribution in [0.5, 0.6) is 0 Å². The van der Waals surface area contributed by atoms with Gasteiger partial charge < -0.3 is 15.5 Å². The van der Waals surface area contributed by atoms with Crippen LogP contribution in [0.15, 0.2) is 11.4 Å². The summed E-state index contributed by atoms with van der Waals surface area (Å²) in [6, 6.07) is 1.73. The molecule has 0 unspecified atom stereocenters.